The van der Waals surface area contributed by atoms with Crippen LogP contribution in [0.2, 0.25) is 0 Å². The molecule has 0 amide bonds. The molecule has 0 spiro atoms. The van der Waals surface area contributed by atoms with E-state index in [0.29, 0.717) is 23.5 Å². The topological polar surface area (TPSA) is 38.5 Å². The van der Waals surface area contributed by atoms with Gasteiger partial charge in [-0.05, 0) is 62.4 Å². The van der Waals surface area contributed by atoms with E-state index in [4.69, 9.17) is 10.5 Å². The van der Waals surface area contributed by atoms with Crippen molar-refractivity contribution in [2.75, 3.05) is 26.7 Å². The lowest BCUT2D eigenvalue weighted by Gasteiger charge is -2.48. The minimum absolute atomic E-state index is 0.428. The van der Waals surface area contributed by atoms with Gasteiger partial charge in [0, 0.05) is 19.7 Å². The van der Waals surface area contributed by atoms with Crippen molar-refractivity contribution in [3.8, 4) is 0 Å². The summed E-state index contributed by atoms with van der Waals surface area (Å²) in [6, 6.07) is 0.678. The fourth-order valence-electron chi connectivity index (χ4n) is 4.39. The average molecular weight is 296 g/mol. The van der Waals surface area contributed by atoms with Crippen molar-refractivity contribution in [1.29, 1.82) is 0 Å². The zero-order valence-electron chi connectivity index (χ0n) is 14.6. The molecule has 4 unspecified atom stereocenters. The Morgan fingerprint density at radius 3 is 2.62 bits per heavy atom. The van der Waals surface area contributed by atoms with Crippen molar-refractivity contribution >= 4 is 0 Å². The molecule has 4 atom stereocenters. The molecule has 1 heterocycles. The number of methoxy groups -OCH3 is 1. The molecule has 0 aromatic heterocycles. The summed E-state index contributed by atoms with van der Waals surface area (Å²) in [5, 5.41) is 0. The first-order chi connectivity index (χ1) is 10.0. The molecule has 0 aromatic carbocycles. The van der Waals surface area contributed by atoms with Gasteiger partial charge in [-0.3, -0.25) is 4.90 Å². The fourth-order valence-corrected chi connectivity index (χ4v) is 4.39. The van der Waals surface area contributed by atoms with Crippen LogP contribution < -0.4 is 5.73 Å². The maximum absolute atomic E-state index is 6.10. The van der Waals surface area contributed by atoms with Crippen LogP contribution in [0, 0.1) is 17.3 Å². The van der Waals surface area contributed by atoms with E-state index in [0.717, 1.165) is 19.0 Å². The van der Waals surface area contributed by atoms with E-state index in [2.05, 4.69) is 25.7 Å². The highest BCUT2D eigenvalue weighted by Gasteiger charge is 2.40. The van der Waals surface area contributed by atoms with Gasteiger partial charge in [-0.1, -0.05) is 27.2 Å². The van der Waals surface area contributed by atoms with Gasteiger partial charge >= 0.3 is 0 Å². The van der Waals surface area contributed by atoms with Crippen LogP contribution in [0.25, 0.3) is 0 Å². The highest BCUT2D eigenvalue weighted by molar-refractivity contribution is 4.93. The third kappa shape index (κ3) is 4.00. The second-order valence-electron chi connectivity index (χ2n) is 7.91. The Morgan fingerprint density at radius 2 is 2.00 bits per heavy atom. The lowest BCUT2D eigenvalue weighted by molar-refractivity contribution is -0.0235. The van der Waals surface area contributed by atoms with Gasteiger partial charge < -0.3 is 10.5 Å². The highest BCUT2D eigenvalue weighted by Crippen LogP contribution is 2.43. The zero-order valence-corrected chi connectivity index (χ0v) is 14.6. The number of hydrogen-bond acceptors (Lipinski definition) is 3. The van der Waals surface area contributed by atoms with Gasteiger partial charge in [0.05, 0.1) is 6.10 Å². The minimum atomic E-state index is 0.428. The zero-order chi connectivity index (χ0) is 15.5. The molecular formula is C18H36N2O. The largest absolute Gasteiger partial charge is 0.380 e. The number of ether oxygens (including phenoxy) is 1. The molecular weight excluding hydrogens is 260 g/mol. The van der Waals surface area contributed by atoms with Gasteiger partial charge in [-0.25, -0.2) is 0 Å². The van der Waals surface area contributed by atoms with Crippen LogP contribution in [0.3, 0.4) is 0 Å². The lowest BCUT2D eigenvalue weighted by Crippen LogP contribution is -2.53. The van der Waals surface area contributed by atoms with Crippen LogP contribution in [0.5, 0.6) is 0 Å². The molecule has 0 aromatic rings. The van der Waals surface area contributed by atoms with E-state index < -0.39 is 0 Å². The Labute approximate surface area is 131 Å². The second-order valence-corrected chi connectivity index (χ2v) is 7.91. The maximum atomic E-state index is 6.10. The summed E-state index contributed by atoms with van der Waals surface area (Å²) in [7, 11) is 1.86. The SMILES string of the molecule is CCC(C)(C)C1CCC(CN)C(N2CCCC(OC)C2)C1. The molecule has 1 saturated heterocycles. The Hall–Kier alpha value is -0.120. The Morgan fingerprint density at radius 1 is 1.24 bits per heavy atom. The van der Waals surface area contributed by atoms with E-state index in [-0.39, 0.29) is 0 Å². The van der Waals surface area contributed by atoms with Gasteiger partial charge in [0.2, 0.25) is 0 Å². The van der Waals surface area contributed by atoms with Crippen molar-refractivity contribution in [2.24, 2.45) is 23.0 Å². The van der Waals surface area contributed by atoms with Gasteiger partial charge in [-0.15, -0.1) is 0 Å². The summed E-state index contributed by atoms with van der Waals surface area (Å²) in [5.74, 6) is 1.53. The van der Waals surface area contributed by atoms with Crippen LogP contribution in [-0.2, 0) is 4.74 Å². The predicted octanol–water partition coefficient (Wildman–Crippen LogP) is 3.28. The van der Waals surface area contributed by atoms with Gasteiger partial charge in [0.1, 0.15) is 0 Å². The Bertz CT molecular complexity index is 318. The second kappa shape index (κ2) is 7.43. The minimum Gasteiger partial charge on any atom is -0.380 e. The first kappa shape index (κ1) is 17.2. The van der Waals surface area contributed by atoms with E-state index in [1.807, 2.05) is 7.11 Å². The van der Waals surface area contributed by atoms with Crippen LogP contribution in [0.1, 0.15) is 59.3 Å². The van der Waals surface area contributed by atoms with Crippen molar-refractivity contribution in [2.45, 2.75) is 71.4 Å². The summed E-state index contributed by atoms with van der Waals surface area (Å²) >= 11 is 0. The molecule has 1 aliphatic carbocycles. The van der Waals surface area contributed by atoms with Crippen molar-refractivity contribution < 1.29 is 4.74 Å². The summed E-state index contributed by atoms with van der Waals surface area (Å²) in [5.41, 5.74) is 6.56. The molecule has 2 aliphatic rings. The third-order valence-electron chi connectivity index (χ3n) is 6.49. The van der Waals surface area contributed by atoms with E-state index >= 15 is 0 Å². The van der Waals surface area contributed by atoms with Crippen molar-refractivity contribution in [1.82, 2.24) is 4.90 Å². The van der Waals surface area contributed by atoms with Gasteiger partial charge in [-0.2, -0.15) is 0 Å². The number of likely N-dealkylation sites (tertiary alicyclic amines) is 1. The van der Waals surface area contributed by atoms with Gasteiger partial charge in [0.15, 0.2) is 0 Å². The van der Waals surface area contributed by atoms with Crippen LogP contribution >= 0.6 is 0 Å². The summed E-state index contributed by atoms with van der Waals surface area (Å²) in [6.07, 6.45) is 8.20. The Kier molecular flexibility index (Phi) is 6.10. The molecule has 3 heteroatoms. The first-order valence-electron chi connectivity index (χ1n) is 8.98. The fraction of sp³-hybridized carbons (Fsp3) is 1.00. The van der Waals surface area contributed by atoms with E-state index in [1.165, 1.54) is 45.1 Å². The molecule has 21 heavy (non-hydrogen) atoms. The number of piperidine rings is 1. The normalized spacial score (nSPS) is 35.9. The summed E-state index contributed by atoms with van der Waals surface area (Å²) in [6.45, 7) is 10.4. The van der Waals surface area contributed by atoms with Gasteiger partial charge in [0.25, 0.3) is 0 Å². The molecule has 0 bridgehead atoms. The smallest absolute Gasteiger partial charge is 0.0698 e. The molecule has 1 saturated carbocycles. The molecule has 3 nitrogen and oxygen atoms in total. The Balaban J connectivity index is 2.06. The lowest BCUT2D eigenvalue weighted by atomic mass is 9.65. The number of nitrogens with zero attached hydrogens (tertiary/aromatic N) is 1. The molecule has 124 valence electrons. The van der Waals surface area contributed by atoms with Crippen molar-refractivity contribution in [3.05, 3.63) is 0 Å². The molecule has 0 radical (unpaired) electrons. The molecule has 1 aliphatic heterocycles. The van der Waals surface area contributed by atoms with Crippen LogP contribution in [0.4, 0.5) is 0 Å². The van der Waals surface area contributed by atoms with Crippen molar-refractivity contribution in [3.63, 3.8) is 0 Å². The van der Waals surface area contributed by atoms with Crippen LogP contribution in [-0.4, -0.2) is 43.8 Å². The summed E-state index contributed by atoms with van der Waals surface area (Å²) < 4.78 is 5.62. The average Bonchev–Trinajstić information content (AvgIpc) is 2.54. The molecule has 2 fully saturated rings. The quantitative estimate of drug-likeness (QED) is 0.846. The molecule has 2 rings (SSSR count). The maximum Gasteiger partial charge on any atom is 0.0698 e. The monoisotopic (exact) mass is 296 g/mol. The molecule has 2 N–H and O–H groups in total. The number of hydrogen-bond donors (Lipinski definition) is 1. The summed E-state index contributed by atoms with van der Waals surface area (Å²) in [4.78, 5) is 2.70. The third-order valence-corrected chi connectivity index (χ3v) is 6.49. The van der Waals surface area contributed by atoms with E-state index in [1.54, 1.807) is 0 Å². The standard InChI is InChI=1S/C18H36N2O/c1-5-18(2,3)15-9-8-14(12-19)17(11-15)20-10-6-7-16(13-20)21-4/h14-17H,5-13,19H2,1-4H3. The highest BCUT2D eigenvalue weighted by atomic mass is 16.5. The van der Waals surface area contributed by atoms with Crippen LogP contribution in [0.15, 0.2) is 0 Å². The number of rotatable bonds is 5. The van der Waals surface area contributed by atoms with E-state index in [9.17, 15) is 0 Å². The predicted molar refractivity (Wildman–Crippen MR) is 89.3 cm³/mol. The number of nitrogens with two attached hydrogens (primary N) is 1. The first-order valence-corrected chi connectivity index (χ1v) is 8.98.